The van der Waals surface area contributed by atoms with E-state index in [0.717, 1.165) is 41.0 Å². The number of nitrogens with zero attached hydrogens (tertiary/aromatic N) is 2. The molecule has 0 unspecified atom stereocenters. The van der Waals surface area contributed by atoms with E-state index in [1.165, 1.54) is 12.3 Å². The standard InChI is InChI=1S/C27H21N3O6/c31-24(29-23-10-11-36-30-23)14-33-27(32)25-18-5-1-2-7-20(18)28-26-17(4-3-6-19(25)26)12-16-8-9-21-22(13-16)35-15-34-21/h1-2,5,7-13H,3-4,6,14-15H2,(H,29,30,31)/b17-12-. The molecule has 9 nitrogen and oxygen atoms in total. The monoisotopic (exact) mass is 483 g/mol. The molecule has 0 atom stereocenters. The number of fused-ring (bicyclic) bond motifs is 3. The van der Waals surface area contributed by atoms with Gasteiger partial charge in [-0.05, 0) is 60.2 Å². The average molecular weight is 483 g/mol. The summed E-state index contributed by atoms with van der Waals surface area (Å²) < 4.78 is 21.1. The van der Waals surface area contributed by atoms with Crippen molar-refractivity contribution in [2.24, 2.45) is 0 Å². The Balaban J connectivity index is 1.34. The van der Waals surface area contributed by atoms with Gasteiger partial charge in [-0.1, -0.05) is 29.4 Å². The number of amides is 1. The minimum Gasteiger partial charge on any atom is -0.454 e. The Hall–Kier alpha value is -4.66. The molecule has 1 aliphatic heterocycles. The first-order chi connectivity index (χ1) is 17.7. The van der Waals surface area contributed by atoms with Crippen LogP contribution in [0.4, 0.5) is 5.82 Å². The van der Waals surface area contributed by atoms with Gasteiger partial charge in [-0.2, -0.15) is 0 Å². The number of para-hydroxylation sites is 1. The second-order valence-electron chi connectivity index (χ2n) is 8.48. The van der Waals surface area contributed by atoms with Gasteiger partial charge in [-0.3, -0.25) is 4.79 Å². The Bertz CT molecular complexity index is 1510. The van der Waals surface area contributed by atoms with E-state index in [9.17, 15) is 9.59 Å². The largest absolute Gasteiger partial charge is 0.454 e. The molecule has 1 aliphatic carbocycles. The zero-order valence-electron chi connectivity index (χ0n) is 19.2. The van der Waals surface area contributed by atoms with Crippen molar-refractivity contribution in [3.05, 3.63) is 77.2 Å². The normalized spacial score (nSPS) is 15.1. The van der Waals surface area contributed by atoms with Gasteiger partial charge in [-0.15, -0.1) is 0 Å². The Kier molecular flexibility index (Phi) is 5.57. The first-order valence-electron chi connectivity index (χ1n) is 11.6. The van der Waals surface area contributed by atoms with E-state index in [0.29, 0.717) is 28.6 Å². The van der Waals surface area contributed by atoms with Gasteiger partial charge in [0.15, 0.2) is 23.9 Å². The fourth-order valence-corrected chi connectivity index (χ4v) is 4.57. The molecule has 0 bridgehead atoms. The summed E-state index contributed by atoms with van der Waals surface area (Å²) in [5, 5.41) is 6.84. The summed E-state index contributed by atoms with van der Waals surface area (Å²) in [5.41, 5.74) is 4.73. The summed E-state index contributed by atoms with van der Waals surface area (Å²) in [6.07, 6.45) is 5.77. The van der Waals surface area contributed by atoms with Crippen LogP contribution in [0.15, 0.2) is 59.3 Å². The van der Waals surface area contributed by atoms with Crippen molar-refractivity contribution in [3.8, 4) is 11.5 Å². The van der Waals surface area contributed by atoms with Gasteiger partial charge in [0.25, 0.3) is 5.91 Å². The summed E-state index contributed by atoms with van der Waals surface area (Å²) in [6.45, 7) is -0.231. The van der Waals surface area contributed by atoms with Crippen LogP contribution >= 0.6 is 0 Å². The Labute approximate surface area is 205 Å². The number of nitrogens with one attached hydrogen (secondary N) is 1. The zero-order chi connectivity index (χ0) is 24.5. The maximum atomic E-state index is 13.3. The number of aromatic nitrogens is 2. The number of ether oxygens (including phenoxy) is 3. The highest BCUT2D eigenvalue weighted by atomic mass is 16.7. The fourth-order valence-electron chi connectivity index (χ4n) is 4.57. The number of carbonyl (C=O) groups is 2. The van der Waals surface area contributed by atoms with Crippen molar-refractivity contribution in [2.75, 3.05) is 18.7 Å². The van der Waals surface area contributed by atoms with Crippen LogP contribution in [0, 0.1) is 0 Å². The molecule has 4 aromatic rings. The summed E-state index contributed by atoms with van der Waals surface area (Å²) >= 11 is 0. The second kappa shape index (κ2) is 9.18. The molecule has 2 aromatic carbocycles. The van der Waals surface area contributed by atoms with E-state index in [1.54, 1.807) is 0 Å². The van der Waals surface area contributed by atoms with E-state index >= 15 is 0 Å². The van der Waals surface area contributed by atoms with Crippen molar-refractivity contribution in [2.45, 2.75) is 19.3 Å². The molecular formula is C27H21N3O6. The lowest BCUT2D eigenvalue weighted by Crippen LogP contribution is -2.22. The number of allylic oxidation sites excluding steroid dienone is 1. The molecule has 0 saturated heterocycles. The third kappa shape index (κ3) is 4.15. The lowest BCUT2D eigenvalue weighted by molar-refractivity contribution is -0.119. The van der Waals surface area contributed by atoms with Gasteiger partial charge in [0.1, 0.15) is 6.26 Å². The lowest BCUT2D eigenvalue weighted by atomic mass is 9.86. The first-order valence-corrected chi connectivity index (χ1v) is 11.6. The molecule has 0 saturated carbocycles. The molecule has 9 heteroatoms. The Morgan fingerprint density at radius 3 is 2.83 bits per heavy atom. The summed E-state index contributed by atoms with van der Waals surface area (Å²) in [5.74, 6) is 0.612. The number of esters is 1. The molecular weight excluding hydrogens is 462 g/mol. The van der Waals surface area contributed by atoms with Crippen LogP contribution in [0.3, 0.4) is 0 Å². The van der Waals surface area contributed by atoms with Crippen LogP contribution in [0.25, 0.3) is 22.6 Å². The average Bonchev–Trinajstić information content (AvgIpc) is 3.58. The quantitative estimate of drug-likeness (QED) is 0.409. The maximum absolute atomic E-state index is 13.3. The van der Waals surface area contributed by atoms with Gasteiger partial charge in [0.2, 0.25) is 6.79 Å². The smallest absolute Gasteiger partial charge is 0.339 e. The third-order valence-corrected chi connectivity index (χ3v) is 6.15. The number of anilines is 1. The van der Waals surface area contributed by atoms with Crippen molar-refractivity contribution in [1.82, 2.24) is 10.1 Å². The van der Waals surface area contributed by atoms with Crippen LogP contribution in [0.5, 0.6) is 11.5 Å². The Morgan fingerprint density at radius 1 is 1.06 bits per heavy atom. The van der Waals surface area contributed by atoms with Crippen LogP contribution in [0.2, 0.25) is 0 Å². The first kappa shape index (κ1) is 21.8. The van der Waals surface area contributed by atoms with E-state index in [1.807, 2.05) is 42.5 Å². The Morgan fingerprint density at radius 2 is 1.94 bits per heavy atom. The number of rotatable bonds is 5. The van der Waals surface area contributed by atoms with Crippen molar-refractivity contribution in [1.29, 1.82) is 0 Å². The summed E-state index contributed by atoms with van der Waals surface area (Å²) in [4.78, 5) is 30.5. The summed E-state index contributed by atoms with van der Waals surface area (Å²) in [6, 6.07) is 14.8. The SMILES string of the molecule is O=C(COC(=O)c1c2c(nc3ccccc13)/C(=C\c1ccc3c(c1)OCO3)CCC2)Nc1ccon1. The molecule has 6 rings (SSSR count). The highest BCUT2D eigenvalue weighted by molar-refractivity contribution is 6.07. The minimum atomic E-state index is -0.565. The van der Waals surface area contributed by atoms with Crippen LogP contribution < -0.4 is 14.8 Å². The number of pyridine rings is 1. The summed E-state index contributed by atoms with van der Waals surface area (Å²) in [7, 11) is 0. The second-order valence-corrected chi connectivity index (χ2v) is 8.48. The van der Waals surface area contributed by atoms with Crippen LogP contribution in [0.1, 0.15) is 40.0 Å². The van der Waals surface area contributed by atoms with Gasteiger partial charge in [0.05, 0.1) is 16.8 Å². The highest BCUT2D eigenvalue weighted by Crippen LogP contribution is 2.38. The van der Waals surface area contributed by atoms with Crippen LogP contribution in [-0.4, -0.2) is 35.4 Å². The van der Waals surface area contributed by atoms with Crippen molar-refractivity contribution >= 4 is 40.2 Å². The van der Waals surface area contributed by atoms with E-state index in [-0.39, 0.29) is 12.6 Å². The van der Waals surface area contributed by atoms with Crippen molar-refractivity contribution < 1.29 is 28.3 Å². The minimum absolute atomic E-state index is 0.216. The van der Waals surface area contributed by atoms with Gasteiger partial charge >= 0.3 is 5.97 Å². The predicted octanol–water partition coefficient (Wildman–Crippen LogP) is 4.62. The predicted molar refractivity (Wildman–Crippen MR) is 131 cm³/mol. The molecule has 0 fully saturated rings. The third-order valence-electron chi connectivity index (χ3n) is 6.15. The highest BCUT2D eigenvalue weighted by Gasteiger charge is 2.26. The number of hydrogen-bond acceptors (Lipinski definition) is 8. The molecule has 2 aromatic heterocycles. The van der Waals surface area contributed by atoms with E-state index in [4.69, 9.17) is 23.7 Å². The number of hydrogen-bond donors (Lipinski definition) is 1. The topological polar surface area (TPSA) is 113 Å². The molecule has 1 N–H and O–H groups in total. The molecule has 3 heterocycles. The van der Waals surface area contributed by atoms with Crippen LogP contribution in [-0.2, 0) is 16.0 Å². The number of carbonyl (C=O) groups excluding carboxylic acids is 2. The molecule has 36 heavy (non-hydrogen) atoms. The molecule has 1 amide bonds. The molecule has 0 radical (unpaired) electrons. The fraction of sp³-hybridized carbons (Fsp3) is 0.185. The van der Waals surface area contributed by atoms with Gasteiger partial charge in [0, 0.05) is 11.5 Å². The molecule has 0 spiro atoms. The van der Waals surface area contributed by atoms with E-state index in [2.05, 4.69) is 16.5 Å². The molecule has 2 aliphatic rings. The maximum Gasteiger partial charge on any atom is 0.339 e. The van der Waals surface area contributed by atoms with Gasteiger partial charge < -0.3 is 24.1 Å². The van der Waals surface area contributed by atoms with E-state index < -0.39 is 18.5 Å². The van der Waals surface area contributed by atoms with Crippen molar-refractivity contribution in [3.63, 3.8) is 0 Å². The molecule has 180 valence electrons. The number of benzene rings is 2. The zero-order valence-corrected chi connectivity index (χ0v) is 19.2. The van der Waals surface area contributed by atoms with Gasteiger partial charge in [-0.25, -0.2) is 9.78 Å². The lowest BCUT2D eigenvalue weighted by Gasteiger charge is -2.22.